The standard InChI is InChI=1S/C19H28N4O2.2ClH/c24-18(21-17-4-2-1-3-5-17)15-22-10-12-23(13-11-22)19(25)7-6-16-8-9-20-14-16;;/h1-5,16,20H,6-15H2,(H,21,24);2*1H. The summed E-state index contributed by atoms with van der Waals surface area (Å²) in [7, 11) is 0. The van der Waals surface area contributed by atoms with Crippen molar-refractivity contribution in [3.63, 3.8) is 0 Å². The molecule has 2 heterocycles. The fraction of sp³-hybridized carbons (Fsp3) is 0.579. The summed E-state index contributed by atoms with van der Waals surface area (Å²) in [5, 5.41) is 6.26. The van der Waals surface area contributed by atoms with Crippen molar-refractivity contribution >= 4 is 42.3 Å². The van der Waals surface area contributed by atoms with Crippen LogP contribution in [0.3, 0.4) is 0 Å². The highest BCUT2D eigenvalue weighted by atomic mass is 35.5. The smallest absolute Gasteiger partial charge is 0.238 e. The van der Waals surface area contributed by atoms with Gasteiger partial charge in [-0.2, -0.15) is 0 Å². The molecule has 1 unspecified atom stereocenters. The largest absolute Gasteiger partial charge is 0.340 e. The predicted octanol–water partition coefficient (Wildman–Crippen LogP) is 2.00. The van der Waals surface area contributed by atoms with Crippen LogP contribution in [0.4, 0.5) is 5.69 Å². The number of carbonyl (C=O) groups excluding carboxylic acids is 2. The molecule has 1 aromatic rings. The molecule has 1 atom stereocenters. The fourth-order valence-corrected chi connectivity index (χ4v) is 3.53. The minimum atomic E-state index is -0.000269. The Bertz CT molecular complexity index is 574. The number of piperazine rings is 1. The van der Waals surface area contributed by atoms with Gasteiger partial charge in [-0.1, -0.05) is 18.2 Å². The minimum absolute atomic E-state index is 0. The van der Waals surface area contributed by atoms with Crippen molar-refractivity contribution in [3.8, 4) is 0 Å². The van der Waals surface area contributed by atoms with E-state index >= 15 is 0 Å². The number of halogens is 2. The maximum atomic E-state index is 12.3. The van der Waals surface area contributed by atoms with E-state index in [0.29, 0.717) is 18.9 Å². The SMILES string of the molecule is Cl.Cl.O=C(CN1CCN(C(=O)CCC2CCNC2)CC1)Nc1ccccc1. The van der Waals surface area contributed by atoms with Gasteiger partial charge in [-0.3, -0.25) is 14.5 Å². The van der Waals surface area contributed by atoms with Crippen LogP contribution in [0, 0.1) is 5.92 Å². The summed E-state index contributed by atoms with van der Waals surface area (Å²) in [6.07, 6.45) is 2.84. The zero-order valence-corrected chi connectivity index (χ0v) is 17.2. The second-order valence-electron chi connectivity index (χ2n) is 6.97. The van der Waals surface area contributed by atoms with E-state index in [2.05, 4.69) is 15.5 Å². The average Bonchev–Trinajstić information content (AvgIpc) is 3.14. The second-order valence-corrected chi connectivity index (χ2v) is 6.97. The first-order chi connectivity index (χ1) is 12.2. The molecule has 8 heteroatoms. The van der Waals surface area contributed by atoms with Crippen LogP contribution in [0.2, 0.25) is 0 Å². The molecule has 152 valence electrons. The molecular weight excluding hydrogens is 387 g/mol. The van der Waals surface area contributed by atoms with Gasteiger partial charge in [0, 0.05) is 38.3 Å². The summed E-state index contributed by atoms with van der Waals surface area (Å²) in [5.41, 5.74) is 0.822. The lowest BCUT2D eigenvalue weighted by atomic mass is 10.0. The van der Waals surface area contributed by atoms with E-state index in [0.717, 1.165) is 51.4 Å². The van der Waals surface area contributed by atoms with Gasteiger partial charge in [-0.15, -0.1) is 24.8 Å². The highest BCUT2D eigenvalue weighted by molar-refractivity contribution is 5.92. The highest BCUT2D eigenvalue weighted by Gasteiger charge is 2.23. The molecule has 0 saturated carbocycles. The fourth-order valence-electron chi connectivity index (χ4n) is 3.53. The third-order valence-electron chi connectivity index (χ3n) is 5.08. The van der Waals surface area contributed by atoms with Gasteiger partial charge in [0.15, 0.2) is 0 Å². The van der Waals surface area contributed by atoms with Gasteiger partial charge in [0.25, 0.3) is 0 Å². The number of carbonyl (C=O) groups is 2. The average molecular weight is 417 g/mol. The molecule has 2 N–H and O–H groups in total. The highest BCUT2D eigenvalue weighted by Crippen LogP contribution is 2.16. The van der Waals surface area contributed by atoms with Gasteiger partial charge in [0.1, 0.15) is 0 Å². The van der Waals surface area contributed by atoms with Gasteiger partial charge >= 0.3 is 0 Å². The first-order valence-electron chi connectivity index (χ1n) is 9.26. The van der Waals surface area contributed by atoms with Crippen molar-refractivity contribution in [1.82, 2.24) is 15.1 Å². The topological polar surface area (TPSA) is 64.7 Å². The van der Waals surface area contributed by atoms with Gasteiger partial charge in [0.2, 0.25) is 11.8 Å². The van der Waals surface area contributed by atoms with E-state index in [1.54, 1.807) is 0 Å². The van der Waals surface area contributed by atoms with E-state index < -0.39 is 0 Å². The van der Waals surface area contributed by atoms with Crippen molar-refractivity contribution in [2.75, 3.05) is 51.1 Å². The van der Waals surface area contributed by atoms with Crippen molar-refractivity contribution in [1.29, 1.82) is 0 Å². The van der Waals surface area contributed by atoms with Gasteiger partial charge in [-0.25, -0.2) is 0 Å². The Kier molecular flexibility index (Phi) is 10.7. The number of rotatable bonds is 6. The number of hydrogen-bond donors (Lipinski definition) is 2. The first-order valence-corrected chi connectivity index (χ1v) is 9.26. The van der Waals surface area contributed by atoms with Crippen molar-refractivity contribution in [2.45, 2.75) is 19.3 Å². The molecular formula is C19H30Cl2N4O2. The minimum Gasteiger partial charge on any atom is -0.340 e. The van der Waals surface area contributed by atoms with Gasteiger partial charge in [-0.05, 0) is 44.0 Å². The quantitative estimate of drug-likeness (QED) is 0.743. The lowest BCUT2D eigenvalue weighted by Crippen LogP contribution is -2.50. The predicted molar refractivity (Wildman–Crippen MR) is 113 cm³/mol. The van der Waals surface area contributed by atoms with Crippen LogP contribution in [-0.4, -0.2) is 67.4 Å². The van der Waals surface area contributed by atoms with Gasteiger partial charge < -0.3 is 15.5 Å². The monoisotopic (exact) mass is 416 g/mol. The molecule has 27 heavy (non-hydrogen) atoms. The van der Waals surface area contributed by atoms with E-state index in [-0.39, 0.29) is 36.6 Å². The lowest BCUT2D eigenvalue weighted by Gasteiger charge is -2.34. The van der Waals surface area contributed by atoms with E-state index in [9.17, 15) is 9.59 Å². The Labute approximate surface area is 173 Å². The van der Waals surface area contributed by atoms with E-state index in [1.165, 1.54) is 6.42 Å². The molecule has 2 aliphatic heterocycles. The Hall–Kier alpha value is -1.34. The molecule has 0 aliphatic carbocycles. The number of nitrogens with zero attached hydrogens (tertiary/aromatic N) is 2. The molecule has 3 rings (SSSR count). The van der Waals surface area contributed by atoms with Crippen LogP contribution in [0.25, 0.3) is 0 Å². The number of benzene rings is 1. The summed E-state index contributed by atoms with van der Waals surface area (Å²) < 4.78 is 0. The zero-order chi connectivity index (χ0) is 17.5. The third kappa shape index (κ3) is 7.66. The van der Waals surface area contributed by atoms with Gasteiger partial charge in [0.05, 0.1) is 6.54 Å². The molecule has 2 saturated heterocycles. The summed E-state index contributed by atoms with van der Waals surface area (Å²) in [5.74, 6) is 0.923. The first kappa shape index (κ1) is 23.7. The van der Waals surface area contributed by atoms with Crippen LogP contribution in [0.1, 0.15) is 19.3 Å². The number of anilines is 1. The van der Waals surface area contributed by atoms with Crippen molar-refractivity contribution < 1.29 is 9.59 Å². The molecule has 0 spiro atoms. The molecule has 2 fully saturated rings. The molecule has 2 aliphatic rings. The molecule has 0 radical (unpaired) electrons. The van der Waals surface area contributed by atoms with Crippen LogP contribution in [-0.2, 0) is 9.59 Å². The van der Waals surface area contributed by atoms with E-state index in [4.69, 9.17) is 0 Å². The molecule has 0 aromatic heterocycles. The molecule has 0 bridgehead atoms. The van der Waals surface area contributed by atoms with Crippen molar-refractivity contribution in [2.24, 2.45) is 5.92 Å². The maximum Gasteiger partial charge on any atom is 0.238 e. The molecule has 6 nitrogen and oxygen atoms in total. The maximum absolute atomic E-state index is 12.3. The van der Waals surface area contributed by atoms with Crippen LogP contribution in [0.5, 0.6) is 0 Å². The summed E-state index contributed by atoms with van der Waals surface area (Å²) >= 11 is 0. The van der Waals surface area contributed by atoms with Crippen LogP contribution < -0.4 is 10.6 Å². The van der Waals surface area contributed by atoms with Crippen molar-refractivity contribution in [3.05, 3.63) is 30.3 Å². The number of nitrogens with one attached hydrogen (secondary N) is 2. The third-order valence-corrected chi connectivity index (χ3v) is 5.08. The number of hydrogen-bond acceptors (Lipinski definition) is 4. The number of amides is 2. The Balaban J connectivity index is 0.00000182. The molecule has 1 aromatic carbocycles. The Morgan fingerprint density at radius 3 is 2.41 bits per heavy atom. The van der Waals surface area contributed by atoms with E-state index in [1.807, 2.05) is 35.2 Å². The number of para-hydroxylation sites is 1. The normalized spacial score (nSPS) is 19.7. The van der Waals surface area contributed by atoms with Crippen LogP contribution in [0.15, 0.2) is 30.3 Å². The zero-order valence-electron chi connectivity index (χ0n) is 15.6. The Morgan fingerprint density at radius 1 is 1.07 bits per heavy atom. The molecule has 2 amide bonds. The second kappa shape index (κ2) is 12.2. The summed E-state index contributed by atoms with van der Waals surface area (Å²) in [6.45, 7) is 5.49. The lowest BCUT2D eigenvalue weighted by molar-refractivity contribution is -0.133. The summed E-state index contributed by atoms with van der Waals surface area (Å²) in [4.78, 5) is 28.5. The van der Waals surface area contributed by atoms with Crippen LogP contribution >= 0.6 is 24.8 Å². The Morgan fingerprint density at radius 2 is 1.78 bits per heavy atom. The summed E-state index contributed by atoms with van der Waals surface area (Å²) in [6, 6.07) is 9.50.